The van der Waals surface area contributed by atoms with E-state index in [0.29, 0.717) is 37.4 Å². The molecule has 0 radical (unpaired) electrons. The summed E-state index contributed by atoms with van der Waals surface area (Å²) in [6.07, 6.45) is 15.0. The van der Waals surface area contributed by atoms with E-state index in [9.17, 15) is 28.0 Å². The Morgan fingerprint density at radius 2 is 1.04 bits per heavy atom. The zero-order valence-electron chi connectivity index (χ0n) is 33.2. The average Bonchev–Trinajstić information content (AvgIpc) is 3.14. The van der Waals surface area contributed by atoms with Crippen molar-refractivity contribution in [1.82, 2.24) is 9.80 Å². The summed E-state index contributed by atoms with van der Waals surface area (Å²) in [5, 5.41) is 0. The van der Waals surface area contributed by atoms with E-state index in [-0.39, 0.29) is 41.6 Å². The number of carbonyl (C=O) groups excluding carboxylic acids is 4. The van der Waals surface area contributed by atoms with Gasteiger partial charge in [0.2, 0.25) is 11.8 Å². The van der Waals surface area contributed by atoms with E-state index in [1.165, 1.54) is 69.7 Å². The van der Waals surface area contributed by atoms with Gasteiger partial charge in [0.25, 0.3) is 0 Å². The quantitative estimate of drug-likeness (QED) is 0.303. The van der Waals surface area contributed by atoms with Crippen molar-refractivity contribution in [2.45, 2.75) is 148 Å². The van der Waals surface area contributed by atoms with Crippen LogP contribution in [0.4, 0.5) is 25.0 Å². The fourth-order valence-electron chi connectivity index (χ4n) is 8.04. The summed E-state index contributed by atoms with van der Waals surface area (Å²) in [6, 6.07) is 13.2. The molecule has 0 N–H and O–H groups in total. The molecule has 11 heteroatoms. The van der Waals surface area contributed by atoms with E-state index in [4.69, 9.17) is 4.74 Å². The lowest BCUT2D eigenvalue weighted by Crippen LogP contribution is -2.50. The van der Waals surface area contributed by atoms with Crippen LogP contribution in [0.3, 0.4) is 0 Å². The third kappa shape index (κ3) is 13.5. The molecular formula is C43H62F2N4O5. The Morgan fingerprint density at radius 1 is 0.630 bits per heavy atom. The minimum Gasteiger partial charge on any atom is -0.444 e. The molecule has 9 nitrogen and oxygen atoms in total. The van der Waals surface area contributed by atoms with Gasteiger partial charge in [-0.05, 0) is 121 Å². The lowest BCUT2D eigenvalue weighted by atomic mass is 9.91. The molecule has 0 unspecified atom stereocenters. The van der Waals surface area contributed by atoms with Crippen LogP contribution in [0.1, 0.15) is 125 Å². The fraction of sp³-hybridized carbons (Fsp3) is 0.628. The second-order valence-corrected chi connectivity index (χ2v) is 16.1. The summed E-state index contributed by atoms with van der Waals surface area (Å²) >= 11 is 0. The van der Waals surface area contributed by atoms with E-state index in [0.717, 1.165) is 63.3 Å². The van der Waals surface area contributed by atoms with Crippen LogP contribution in [0.2, 0.25) is 0 Å². The molecule has 0 atom stereocenters. The van der Waals surface area contributed by atoms with E-state index >= 15 is 0 Å². The topological polar surface area (TPSA) is 90.5 Å². The molecular weight excluding hydrogens is 690 g/mol. The predicted octanol–water partition coefficient (Wildman–Crippen LogP) is 9.07. The maximum Gasteiger partial charge on any atom is 0.410 e. The van der Waals surface area contributed by atoms with Crippen LogP contribution >= 0.6 is 0 Å². The van der Waals surface area contributed by atoms with Gasteiger partial charge in [-0.15, -0.1) is 0 Å². The number of nitrogens with zero attached hydrogens (tertiary/aromatic N) is 4. The number of carbonyl (C=O) groups is 4. The Hall–Kier alpha value is -3.86. The minimum atomic E-state index is -0.520. The number of ether oxygens (including phenoxy) is 1. The molecule has 298 valence electrons. The lowest BCUT2D eigenvalue weighted by molar-refractivity contribution is -0.120. The summed E-state index contributed by atoms with van der Waals surface area (Å²) < 4.78 is 31.6. The van der Waals surface area contributed by atoms with Crippen LogP contribution < -0.4 is 9.80 Å². The highest BCUT2D eigenvalue weighted by atomic mass is 19.1. The van der Waals surface area contributed by atoms with Crippen LogP contribution in [-0.4, -0.2) is 83.4 Å². The molecule has 2 saturated carbocycles. The number of ketones is 1. The van der Waals surface area contributed by atoms with Crippen molar-refractivity contribution in [3.8, 4) is 0 Å². The second kappa shape index (κ2) is 20.7. The summed E-state index contributed by atoms with van der Waals surface area (Å²) in [7, 11) is 0. The van der Waals surface area contributed by atoms with Crippen LogP contribution in [0.15, 0.2) is 48.5 Å². The average molecular weight is 753 g/mol. The molecule has 0 bridgehead atoms. The molecule has 2 aromatic carbocycles. The molecule has 0 spiro atoms. The highest BCUT2D eigenvalue weighted by Gasteiger charge is 2.32. The fourth-order valence-corrected chi connectivity index (χ4v) is 8.04. The molecule has 2 aromatic rings. The normalized spacial score (nSPS) is 19.1. The first-order chi connectivity index (χ1) is 25.7. The number of amides is 3. The Balaban J connectivity index is 0.000000204. The van der Waals surface area contributed by atoms with Crippen LogP contribution in [0.5, 0.6) is 0 Å². The molecule has 0 aromatic heterocycles. The van der Waals surface area contributed by atoms with Crippen LogP contribution in [0, 0.1) is 11.6 Å². The molecule has 2 saturated heterocycles. The first kappa shape index (κ1) is 42.9. The number of hydrogen-bond donors (Lipinski definition) is 0. The number of halogens is 2. The van der Waals surface area contributed by atoms with Gasteiger partial charge in [0.1, 0.15) is 23.0 Å². The van der Waals surface area contributed by atoms with E-state index < -0.39 is 5.60 Å². The standard InChI is InChI=1S/C19H27FN2O.C18H25FN2O3.C6H10O/c1-15(23)22(18-9-7-16(20)8-10-18)19-11-13-21(14-12-19)17-5-3-2-4-6-17;1-13(22)21(15-7-5-14(19)6-8-15)16-9-11-20(12-10-16)17(23)24-18(2,3)4;7-6-4-2-1-3-5-6/h7-10,17,19H,2-6,11-14H2,1H3;5-8,16H,9-12H2,1-4H3;1-5H2. The summed E-state index contributed by atoms with van der Waals surface area (Å²) in [6.45, 7) is 11.8. The SMILES string of the molecule is CC(=O)N(c1ccc(F)cc1)C1CCN(C(=O)OC(C)(C)C)CC1.CC(=O)N(c1ccc(F)cc1)C1CCN(C2CCCCC2)CC1.O=C1CCCCC1. The summed E-state index contributed by atoms with van der Waals surface area (Å²) in [5.41, 5.74) is 0.975. The zero-order chi connectivity index (χ0) is 39.3. The monoisotopic (exact) mass is 752 g/mol. The van der Waals surface area contributed by atoms with Gasteiger partial charge in [-0.1, -0.05) is 25.7 Å². The van der Waals surface area contributed by atoms with Gasteiger partial charge in [-0.25, -0.2) is 13.6 Å². The molecule has 3 amide bonds. The minimum absolute atomic E-state index is 0.00773. The largest absolute Gasteiger partial charge is 0.444 e. The van der Waals surface area contributed by atoms with Gasteiger partial charge in [0, 0.05) is 82.4 Å². The van der Waals surface area contributed by atoms with Crippen LogP contribution in [0.25, 0.3) is 0 Å². The molecule has 2 aliphatic heterocycles. The van der Waals surface area contributed by atoms with Crippen molar-refractivity contribution in [2.75, 3.05) is 36.0 Å². The number of rotatable bonds is 5. The van der Waals surface area contributed by atoms with Gasteiger partial charge >= 0.3 is 6.09 Å². The van der Waals surface area contributed by atoms with Gasteiger partial charge in [-0.3, -0.25) is 14.4 Å². The predicted molar refractivity (Wildman–Crippen MR) is 210 cm³/mol. The van der Waals surface area contributed by atoms with Crippen molar-refractivity contribution < 1.29 is 32.7 Å². The smallest absolute Gasteiger partial charge is 0.410 e. The number of piperidine rings is 2. The van der Waals surface area contributed by atoms with Crippen molar-refractivity contribution in [2.24, 2.45) is 0 Å². The van der Waals surface area contributed by atoms with Gasteiger partial charge in [0.15, 0.2) is 0 Å². The highest BCUT2D eigenvalue weighted by Crippen LogP contribution is 2.29. The number of benzene rings is 2. The summed E-state index contributed by atoms with van der Waals surface area (Å²) in [4.78, 5) is 54.6. The number of anilines is 2. The first-order valence-electron chi connectivity index (χ1n) is 20.1. The zero-order valence-corrected chi connectivity index (χ0v) is 33.2. The molecule has 4 aliphatic rings. The second-order valence-electron chi connectivity index (χ2n) is 16.1. The Labute approximate surface area is 321 Å². The number of hydrogen-bond acceptors (Lipinski definition) is 6. The third-order valence-electron chi connectivity index (χ3n) is 10.7. The molecule has 6 rings (SSSR count). The first-order valence-corrected chi connectivity index (χ1v) is 20.1. The number of likely N-dealkylation sites (tertiary alicyclic amines) is 2. The van der Waals surface area contributed by atoms with Crippen molar-refractivity contribution in [3.63, 3.8) is 0 Å². The molecule has 4 fully saturated rings. The summed E-state index contributed by atoms with van der Waals surface area (Å²) in [5.74, 6) is -0.164. The lowest BCUT2D eigenvalue weighted by Gasteiger charge is -2.42. The number of Topliss-reactive ketones (excluding diaryl/α,β-unsaturated/α-hetero) is 1. The van der Waals surface area contributed by atoms with E-state index in [1.54, 1.807) is 41.0 Å². The Morgan fingerprint density at radius 3 is 1.41 bits per heavy atom. The third-order valence-corrected chi connectivity index (χ3v) is 10.7. The molecule has 54 heavy (non-hydrogen) atoms. The Bertz CT molecular complexity index is 1480. The molecule has 2 heterocycles. The van der Waals surface area contributed by atoms with Gasteiger partial charge in [-0.2, -0.15) is 0 Å². The molecule has 2 aliphatic carbocycles. The van der Waals surface area contributed by atoms with Crippen LogP contribution in [-0.2, 0) is 19.1 Å². The van der Waals surface area contributed by atoms with Crippen molar-refractivity contribution >= 4 is 35.1 Å². The maximum atomic E-state index is 13.1. The van der Waals surface area contributed by atoms with E-state index in [2.05, 4.69) is 4.90 Å². The van der Waals surface area contributed by atoms with E-state index in [1.807, 2.05) is 25.7 Å². The van der Waals surface area contributed by atoms with Gasteiger partial charge < -0.3 is 24.3 Å². The van der Waals surface area contributed by atoms with Crippen molar-refractivity contribution in [3.05, 3.63) is 60.2 Å². The Kier molecular flexibility index (Phi) is 16.4. The van der Waals surface area contributed by atoms with Crippen molar-refractivity contribution in [1.29, 1.82) is 0 Å². The highest BCUT2D eigenvalue weighted by molar-refractivity contribution is 5.92. The van der Waals surface area contributed by atoms with Gasteiger partial charge in [0.05, 0.1) is 0 Å². The maximum absolute atomic E-state index is 13.1.